The van der Waals surface area contributed by atoms with Crippen LogP contribution in [0.15, 0.2) is 35.1 Å². The fourth-order valence-corrected chi connectivity index (χ4v) is 2.50. The molecule has 0 aliphatic carbocycles. The van der Waals surface area contributed by atoms with Crippen LogP contribution >= 0.6 is 15.9 Å². The topological polar surface area (TPSA) is 41.1 Å². The first-order valence-corrected chi connectivity index (χ1v) is 7.24. The average molecular weight is 339 g/mol. The van der Waals surface area contributed by atoms with Gasteiger partial charge in [0.25, 0.3) is 0 Å². The van der Waals surface area contributed by atoms with E-state index in [-0.39, 0.29) is 5.82 Å². The van der Waals surface area contributed by atoms with Crippen molar-refractivity contribution in [3.63, 3.8) is 0 Å². The Morgan fingerprint density at radius 2 is 2.10 bits per heavy atom. The third-order valence-electron chi connectivity index (χ3n) is 2.81. The number of nitrogens with one attached hydrogen (secondary N) is 1. The van der Waals surface area contributed by atoms with E-state index in [9.17, 15) is 4.39 Å². The highest BCUT2D eigenvalue weighted by Gasteiger charge is 2.16. The summed E-state index contributed by atoms with van der Waals surface area (Å²) in [7, 11) is 0. The van der Waals surface area contributed by atoms with Gasteiger partial charge in [-0.3, -0.25) is 0 Å². The number of rotatable bonds is 5. The van der Waals surface area contributed by atoms with E-state index < -0.39 is 0 Å². The normalized spacial score (nSPS) is 10.4. The maximum absolute atomic E-state index is 13.4. The molecule has 1 aromatic carbocycles. The summed E-state index contributed by atoms with van der Waals surface area (Å²) >= 11 is 3.52. The predicted molar refractivity (Wildman–Crippen MR) is 83.0 cm³/mol. The van der Waals surface area contributed by atoms with Crippen molar-refractivity contribution in [1.82, 2.24) is 9.97 Å². The van der Waals surface area contributed by atoms with Crippen molar-refractivity contribution < 1.29 is 4.39 Å². The van der Waals surface area contributed by atoms with Crippen molar-refractivity contribution in [3.8, 4) is 0 Å². The lowest BCUT2D eigenvalue weighted by Crippen LogP contribution is -2.19. The largest absolute Gasteiger partial charge is 0.369 e. The Kier molecular flexibility index (Phi) is 4.89. The predicted octanol–water partition coefficient (Wildman–Crippen LogP) is 3.97. The van der Waals surface area contributed by atoms with Gasteiger partial charge in [0.2, 0.25) is 0 Å². The number of hydrogen-bond acceptors (Lipinski definition) is 4. The molecule has 0 atom stereocenters. The summed E-state index contributed by atoms with van der Waals surface area (Å²) in [6, 6.07) is 6.46. The maximum Gasteiger partial charge on any atom is 0.152 e. The first-order valence-electron chi connectivity index (χ1n) is 6.44. The second-order valence-electron chi connectivity index (χ2n) is 4.11. The molecule has 0 saturated heterocycles. The highest BCUT2D eigenvalue weighted by molar-refractivity contribution is 9.10. The number of halogens is 2. The maximum atomic E-state index is 13.4. The summed E-state index contributed by atoms with van der Waals surface area (Å²) in [5.41, 5.74) is 0.759. The molecular weight excluding hydrogens is 323 g/mol. The van der Waals surface area contributed by atoms with Crippen molar-refractivity contribution in [3.05, 3.63) is 40.9 Å². The van der Waals surface area contributed by atoms with E-state index in [1.807, 2.05) is 24.8 Å². The van der Waals surface area contributed by atoms with Gasteiger partial charge in [-0.25, -0.2) is 14.4 Å². The molecule has 0 aliphatic rings. The van der Waals surface area contributed by atoms with E-state index >= 15 is 0 Å². The van der Waals surface area contributed by atoms with Gasteiger partial charge in [-0.15, -0.1) is 0 Å². The zero-order valence-corrected chi connectivity index (χ0v) is 13.0. The van der Waals surface area contributed by atoms with Gasteiger partial charge in [-0.2, -0.15) is 0 Å². The monoisotopic (exact) mass is 338 g/mol. The Labute approximate surface area is 126 Å². The van der Waals surface area contributed by atoms with Gasteiger partial charge >= 0.3 is 0 Å². The van der Waals surface area contributed by atoms with Gasteiger partial charge in [0.05, 0.1) is 0 Å². The van der Waals surface area contributed by atoms with Crippen LogP contribution in [0.3, 0.4) is 0 Å². The number of anilines is 3. The summed E-state index contributed by atoms with van der Waals surface area (Å²) in [6.07, 6.45) is 1.50. The molecular formula is C14H16BrFN4. The quantitative estimate of drug-likeness (QED) is 0.895. The van der Waals surface area contributed by atoms with Crippen LogP contribution in [0.5, 0.6) is 0 Å². The minimum atomic E-state index is -0.266. The number of aromatic nitrogens is 2. The average Bonchev–Trinajstić information content (AvgIpc) is 2.44. The second-order valence-corrected chi connectivity index (χ2v) is 4.91. The summed E-state index contributed by atoms with van der Waals surface area (Å²) < 4.78 is 14.2. The highest BCUT2D eigenvalue weighted by atomic mass is 79.9. The first-order chi connectivity index (χ1) is 9.67. The van der Waals surface area contributed by atoms with Crippen LogP contribution in [-0.4, -0.2) is 23.1 Å². The second kappa shape index (κ2) is 6.65. The van der Waals surface area contributed by atoms with Gasteiger partial charge in [-0.1, -0.05) is 6.07 Å². The minimum Gasteiger partial charge on any atom is -0.369 e. The fourth-order valence-electron chi connectivity index (χ4n) is 1.94. The molecule has 4 nitrogen and oxygen atoms in total. The third-order valence-corrected chi connectivity index (χ3v) is 3.54. The molecule has 0 spiro atoms. The molecule has 6 heteroatoms. The van der Waals surface area contributed by atoms with Crippen molar-refractivity contribution in [2.75, 3.05) is 23.3 Å². The molecule has 0 amide bonds. The highest BCUT2D eigenvalue weighted by Crippen LogP contribution is 2.33. The molecule has 0 bridgehead atoms. The van der Waals surface area contributed by atoms with Crippen molar-refractivity contribution >= 4 is 33.3 Å². The molecule has 2 aromatic rings. The Bertz CT molecular complexity index is 591. The van der Waals surface area contributed by atoms with Gasteiger partial charge in [-0.05, 0) is 48.0 Å². The molecule has 0 saturated carbocycles. The summed E-state index contributed by atoms with van der Waals surface area (Å²) in [5.74, 6) is 1.18. The van der Waals surface area contributed by atoms with Crippen LogP contribution in [0.2, 0.25) is 0 Å². The molecule has 20 heavy (non-hydrogen) atoms. The Morgan fingerprint density at radius 1 is 1.30 bits per heavy atom. The van der Waals surface area contributed by atoms with Crippen LogP contribution in [0.4, 0.5) is 21.7 Å². The van der Waals surface area contributed by atoms with E-state index in [4.69, 9.17) is 0 Å². The molecule has 0 unspecified atom stereocenters. The van der Waals surface area contributed by atoms with Crippen molar-refractivity contribution in [2.45, 2.75) is 13.8 Å². The van der Waals surface area contributed by atoms with Gasteiger partial charge < -0.3 is 10.2 Å². The molecule has 0 aliphatic heterocycles. The lowest BCUT2D eigenvalue weighted by molar-refractivity contribution is 0.627. The summed E-state index contributed by atoms with van der Waals surface area (Å²) in [5, 5.41) is 3.16. The van der Waals surface area contributed by atoms with Crippen LogP contribution in [0.1, 0.15) is 13.8 Å². The molecule has 1 heterocycles. The molecule has 106 valence electrons. The summed E-state index contributed by atoms with van der Waals surface area (Å²) in [4.78, 5) is 10.4. The first kappa shape index (κ1) is 14.7. The fraction of sp³-hybridized carbons (Fsp3) is 0.286. The third kappa shape index (κ3) is 3.07. The zero-order chi connectivity index (χ0) is 14.5. The minimum absolute atomic E-state index is 0.266. The Hall–Kier alpha value is -1.69. The standard InChI is InChI=1S/C14H16BrFN4/c1-3-17-13-12(15)14(19-9-18-13)20(4-2)11-7-5-6-10(16)8-11/h5-9H,3-4H2,1-2H3,(H,17,18,19). The Morgan fingerprint density at radius 3 is 2.75 bits per heavy atom. The van der Waals surface area contributed by atoms with E-state index in [2.05, 4.69) is 31.2 Å². The van der Waals surface area contributed by atoms with Crippen LogP contribution in [0, 0.1) is 5.82 Å². The zero-order valence-electron chi connectivity index (χ0n) is 11.4. The van der Waals surface area contributed by atoms with Crippen molar-refractivity contribution in [2.24, 2.45) is 0 Å². The van der Waals surface area contributed by atoms with E-state index in [0.717, 1.165) is 22.5 Å². The lowest BCUT2D eigenvalue weighted by atomic mass is 10.2. The van der Waals surface area contributed by atoms with E-state index in [1.54, 1.807) is 6.07 Å². The molecule has 2 rings (SSSR count). The van der Waals surface area contributed by atoms with Gasteiger partial charge in [0.1, 0.15) is 22.4 Å². The van der Waals surface area contributed by atoms with Crippen molar-refractivity contribution in [1.29, 1.82) is 0 Å². The molecule has 1 aromatic heterocycles. The van der Waals surface area contributed by atoms with E-state index in [1.165, 1.54) is 18.5 Å². The number of nitrogens with zero attached hydrogens (tertiary/aromatic N) is 3. The molecule has 0 fully saturated rings. The molecule has 0 radical (unpaired) electrons. The number of hydrogen-bond donors (Lipinski definition) is 1. The SMILES string of the molecule is CCNc1ncnc(N(CC)c2cccc(F)c2)c1Br. The molecule has 1 N–H and O–H groups in total. The van der Waals surface area contributed by atoms with Gasteiger partial charge in [0.15, 0.2) is 5.82 Å². The number of benzene rings is 1. The van der Waals surface area contributed by atoms with Crippen LogP contribution in [-0.2, 0) is 0 Å². The Balaban J connectivity index is 2.44. The smallest absolute Gasteiger partial charge is 0.152 e. The van der Waals surface area contributed by atoms with Gasteiger partial charge in [0, 0.05) is 18.8 Å². The lowest BCUT2D eigenvalue weighted by Gasteiger charge is -2.23. The summed E-state index contributed by atoms with van der Waals surface area (Å²) in [6.45, 7) is 5.43. The van der Waals surface area contributed by atoms with Crippen LogP contribution < -0.4 is 10.2 Å². The van der Waals surface area contributed by atoms with Crippen LogP contribution in [0.25, 0.3) is 0 Å². The van der Waals surface area contributed by atoms with E-state index in [0.29, 0.717) is 12.4 Å².